The SMILES string of the molecule is COc1ccc(OC)c([C@H]2CCCN2C(=O)C[C@@](O)(c2ccc(C)o2)C(F)(F)F)c1. The molecule has 0 aliphatic carbocycles. The second-order valence-corrected chi connectivity index (χ2v) is 7.30. The number of rotatable bonds is 6. The Labute approximate surface area is 172 Å². The zero-order valence-corrected chi connectivity index (χ0v) is 17.0. The van der Waals surface area contributed by atoms with Gasteiger partial charge in [-0.25, -0.2) is 0 Å². The minimum Gasteiger partial charge on any atom is -0.497 e. The summed E-state index contributed by atoms with van der Waals surface area (Å²) in [7, 11) is 2.98. The topological polar surface area (TPSA) is 72.1 Å². The number of alkyl halides is 3. The van der Waals surface area contributed by atoms with Crippen LogP contribution in [0.3, 0.4) is 0 Å². The monoisotopic (exact) mass is 427 g/mol. The number of aryl methyl sites for hydroxylation is 1. The van der Waals surface area contributed by atoms with Crippen LogP contribution >= 0.6 is 0 Å². The molecule has 2 atom stereocenters. The lowest BCUT2D eigenvalue weighted by Crippen LogP contribution is -2.46. The van der Waals surface area contributed by atoms with Gasteiger partial charge in [-0.05, 0) is 50.1 Å². The van der Waals surface area contributed by atoms with Crippen molar-refractivity contribution < 1.29 is 37.0 Å². The quantitative estimate of drug-likeness (QED) is 0.751. The molecule has 1 saturated heterocycles. The predicted molar refractivity (Wildman–Crippen MR) is 101 cm³/mol. The molecule has 0 radical (unpaired) electrons. The summed E-state index contributed by atoms with van der Waals surface area (Å²) in [5.74, 6) is -0.261. The summed E-state index contributed by atoms with van der Waals surface area (Å²) in [4.78, 5) is 14.3. The van der Waals surface area contributed by atoms with Crippen LogP contribution in [0.1, 0.15) is 42.4 Å². The number of carbonyl (C=O) groups excluding carboxylic acids is 1. The number of ether oxygens (including phenoxy) is 2. The lowest BCUT2D eigenvalue weighted by atomic mass is 9.94. The third-order valence-electron chi connectivity index (χ3n) is 5.39. The molecule has 1 amide bonds. The number of benzene rings is 1. The Morgan fingerprint density at radius 2 is 1.97 bits per heavy atom. The number of hydrogen-bond donors (Lipinski definition) is 1. The fourth-order valence-corrected chi connectivity index (χ4v) is 3.79. The van der Waals surface area contributed by atoms with Gasteiger partial charge in [0.1, 0.15) is 23.0 Å². The van der Waals surface area contributed by atoms with Crippen molar-refractivity contribution >= 4 is 5.91 Å². The molecule has 0 unspecified atom stereocenters. The van der Waals surface area contributed by atoms with E-state index >= 15 is 0 Å². The molecule has 2 heterocycles. The Bertz CT molecular complexity index is 910. The van der Waals surface area contributed by atoms with E-state index in [2.05, 4.69) is 0 Å². The van der Waals surface area contributed by atoms with E-state index in [1.165, 1.54) is 32.1 Å². The van der Waals surface area contributed by atoms with Gasteiger partial charge in [0.25, 0.3) is 0 Å². The van der Waals surface area contributed by atoms with Crippen molar-refractivity contribution in [3.05, 3.63) is 47.4 Å². The minimum absolute atomic E-state index is 0.209. The zero-order valence-electron chi connectivity index (χ0n) is 17.0. The smallest absolute Gasteiger partial charge is 0.425 e. The summed E-state index contributed by atoms with van der Waals surface area (Å²) in [5.41, 5.74) is -2.77. The van der Waals surface area contributed by atoms with Crippen LogP contribution in [0.4, 0.5) is 13.2 Å². The fraction of sp³-hybridized carbons (Fsp3) is 0.476. The first-order valence-corrected chi connectivity index (χ1v) is 9.48. The van der Waals surface area contributed by atoms with E-state index in [9.17, 15) is 23.1 Å². The lowest BCUT2D eigenvalue weighted by molar-refractivity contribution is -0.274. The van der Waals surface area contributed by atoms with E-state index in [1.54, 1.807) is 18.2 Å². The predicted octanol–water partition coefficient (Wildman–Crippen LogP) is 4.11. The summed E-state index contributed by atoms with van der Waals surface area (Å²) < 4.78 is 56.9. The number of amides is 1. The van der Waals surface area contributed by atoms with Crippen LogP contribution in [0.25, 0.3) is 0 Å². The maximum absolute atomic E-state index is 13.8. The van der Waals surface area contributed by atoms with E-state index in [1.807, 2.05) is 0 Å². The summed E-state index contributed by atoms with van der Waals surface area (Å²) in [6.07, 6.45) is -5.09. The molecular formula is C21H24F3NO5. The van der Waals surface area contributed by atoms with Crippen LogP contribution < -0.4 is 9.47 Å². The summed E-state index contributed by atoms with van der Waals surface area (Å²) in [6, 6.07) is 6.97. The van der Waals surface area contributed by atoms with E-state index in [4.69, 9.17) is 13.9 Å². The van der Waals surface area contributed by atoms with E-state index in [0.717, 1.165) is 6.07 Å². The second kappa shape index (κ2) is 8.22. The highest BCUT2D eigenvalue weighted by molar-refractivity contribution is 5.78. The summed E-state index contributed by atoms with van der Waals surface area (Å²) in [5, 5.41) is 10.5. The Morgan fingerprint density at radius 3 is 2.53 bits per heavy atom. The number of aliphatic hydroxyl groups is 1. The van der Waals surface area contributed by atoms with Crippen molar-refractivity contribution in [2.24, 2.45) is 0 Å². The van der Waals surface area contributed by atoms with Gasteiger partial charge in [0, 0.05) is 12.1 Å². The van der Waals surface area contributed by atoms with Crippen molar-refractivity contribution in [3.8, 4) is 11.5 Å². The fourth-order valence-electron chi connectivity index (χ4n) is 3.79. The number of methoxy groups -OCH3 is 2. The molecule has 9 heteroatoms. The third-order valence-corrected chi connectivity index (χ3v) is 5.39. The second-order valence-electron chi connectivity index (χ2n) is 7.30. The Kier molecular flexibility index (Phi) is 6.03. The van der Waals surface area contributed by atoms with Crippen LogP contribution in [0.15, 0.2) is 34.7 Å². The van der Waals surface area contributed by atoms with Gasteiger partial charge in [0.05, 0.1) is 26.7 Å². The Hall–Kier alpha value is -2.68. The molecule has 1 N–H and O–H groups in total. The molecule has 0 saturated carbocycles. The van der Waals surface area contributed by atoms with E-state index in [-0.39, 0.29) is 12.3 Å². The first kappa shape index (κ1) is 22.0. The normalized spacial score (nSPS) is 18.9. The van der Waals surface area contributed by atoms with Crippen LogP contribution in [0, 0.1) is 6.92 Å². The average Bonchev–Trinajstić information content (AvgIpc) is 3.35. The average molecular weight is 427 g/mol. The zero-order chi connectivity index (χ0) is 22.1. The number of halogens is 3. The van der Waals surface area contributed by atoms with Crippen LogP contribution in [-0.4, -0.2) is 42.9 Å². The Morgan fingerprint density at radius 1 is 1.23 bits per heavy atom. The van der Waals surface area contributed by atoms with E-state index in [0.29, 0.717) is 29.9 Å². The molecule has 2 aromatic rings. The molecule has 1 fully saturated rings. The maximum Gasteiger partial charge on any atom is 0.425 e. The third kappa shape index (κ3) is 3.98. The molecule has 0 bridgehead atoms. The Balaban J connectivity index is 1.92. The molecule has 6 nitrogen and oxygen atoms in total. The summed E-state index contributed by atoms with van der Waals surface area (Å²) in [6.45, 7) is 1.74. The van der Waals surface area contributed by atoms with Crippen molar-refractivity contribution in [3.63, 3.8) is 0 Å². The van der Waals surface area contributed by atoms with Crippen molar-refractivity contribution in [1.82, 2.24) is 4.90 Å². The largest absolute Gasteiger partial charge is 0.497 e. The van der Waals surface area contributed by atoms with Crippen molar-refractivity contribution in [2.45, 2.75) is 44.0 Å². The number of likely N-dealkylation sites (tertiary alicyclic amines) is 1. The number of furan rings is 1. The van der Waals surface area contributed by atoms with Crippen LogP contribution in [0.2, 0.25) is 0 Å². The van der Waals surface area contributed by atoms with E-state index < -0.39 is 35.9 Å². The summed E-state index contributed by atoms with van der Waals surface area (Å²) >= 11 is 0. The van der Waals surface area contributed by atoms with Gasteiger partial charge in [-0.1, -0.05) is 0 Å². The van der Waals surface area contributed by atoms with Gasteiger partial charge in [0.15, 0.2) is 0 Å². The molecule has 1 aromatic heterocycles. The molecule has 1 aliphatic heterocycles. The number of hydrogen-bond acceptors (Lipinski definition) is 5. The number of nitrogens with zero attached hydrogens (tertiary/aromatic N) is 1. The molecule has 30 heavy (non-hydrogen) atoms. The van der Waals surface area contributed by atoms with Crippen molar-refractivity contribution in [1.29, 1.82) is 0 Å². The highest BCUT2D eigenvalue weighted by Gasteiger charge is 2.59. The highest BCUT2D eigenvalue weighted by atomic mass is 19.4. The first-order valence-electron chi connectivity index (χ1n) is 9.48. The van der Waals surface area contributed by atoms with Gasteiger partial charge in [-0.3, -0.25) is 4.79 Å². The molecule has 0 spiro atoms. The lowest BCUT2D eigenvalue weighted by Gasteiger charge is -2.32. The minimum atomic E-state index is -5.09. The van der Waals surface area contributed by atoms with Gasteiger partial charge >= 0.3 is 6.18 Å². The van der Waals surface area contributed by atoms with Crippen LogP contribution in [-0.2, 0) is 10.4 Å². The van der Waals surface area contributed by atoms with Gasteiger partial charge in [0.2, 0.25) is 11.5 Å². The number of carbonyl (C=O) groups is 1. The van der Waals surface area contributed by atoms with Crippen molar-refractivity contribution in [2.75, 3.05) is 20.8 Å². The molecule has 1 aliphatic rings. The standard InChI is InChI=1S/C21H24F3NO5/c1-13-6-9-18(30-13)20(27,21(22,23)24)12-19(26)25-10-4-5-16(25)15-11-14(28-2)7-8-17(15)29-3/h6-9,11,16,27H,4-5,10,12H2,1-3H3/t16-,20-/m1/s1. The molecule has 164 valence electrons. The molecule has 1 aromatic carbocycles. The van der Waals surface area contributed by atoms with Gasteiger partial charge < -0.3 is 23.9 Å². The van der Waals surface area contributed by atoms with Gasteiger partial charge in [-0.2, -0.15) is 13.2 Å². The molecular weight excluding hydrogens is 403 g/mol. The highest BCUT2D eigenvalue weighted by Crippen LogP contribution is 2.45. The van der Waals surface area contributed by atoms with Crippen LogP contribution in [0.5, 0.6) is 11.5 Å². The maximum atomic E-state index is 13.8. The first-order chi connectivity index (χ1) is 14.1. The van der Waals surface area contributed by atoms with Gasteiger partial charge in [-0.15, -0.1) is 0 Å². The molecule has 3 rings (SSSR count).